The van der Waals surface area contributed by atoms with E-state index in [0.717, 1.165) is 24.0 Å². The van der Waals surface area contributed by atoms with Crippen molar-refractivity contribution >= 4 is 17.5 Å². The van der Waals surface area contributed by atoms with Crippen molar-refractivity contribution in [2.24, 2.45) is 0 Å². The number of aromatic nitrogens is 1. The van der Waals surface area contributed by atoms with Gasteiger partial charge in [-0.25, -0.2) is 0 Å². The average Bonchev–Trinajstić information content (AvgIpc) is 2.72. The molecule has 106 valence electrons. The van der Waals surface area contributed by atoms with Crippen molar-refractivity contribution in [3.8, 4) is 22.8 Å². The second kappa shape index (κ2) is 5.25. The van der Waals surface area contributed by atoms with Crippen LogP contribution in [0.1, 0.15) is 18.9 Å². The molecule has 0 saturated carbocycles. The van der Waals surface area contributed by atoms with Crippen molar-refractivity contribution in [3.05, 3.63) is 22.7 Å². The molecular weight excluding hydrogens is 280 g/mol. The van der Waals surface area contributed by atoms with Gasteiger partial charge in [-0.2, -0.15) is 0 Å². The number of rotatable bonds is 2. The molecule has 0 atom stereocenters. The monoisotopic (exact) mass is 294 g/mol. The Hall–Kier alpha value is -1.88. The Balaban J connectivity index is 2.20. The highest BCUT2D eigenvalue weighted by Gasteiger charge is 2.23. The zero-order chi connectivity index (χ0) is 14.1. The molecule has 1 aromatic heterocycles. The quantitative estimate of drug-likeness (QED) is 0.920. The van der Waals surface area contributed by atoms with E-state index in [1.54, 1.807) is 6.07 Å². The van der Waals surface area contributed by atoms with Crippen LogP contribution in [0.5, 0.6) is 11.5 Å². The second-order valence-corrected chi connectivity index (χ2v) is 4.97. The van der Waals surface area contributed by atoms with E-state index in [1.165, 1.54) is 0 Å². The molecule has 1 aromatic carbocycles. The molecule has 5 nitrogen and oxygen atoms in total. The maximum atomic E-state index is 6.31. The molecule has 6 heteroatoms. The van der Waals surface area contributed by atoms with Crippen LogP contribution < -0.4 is 15.2 Å². The average molecular weight is 295 g/mol. The lowest BCUT2D eigenvalue weighted by molar-refractivity contribution is 0.296. The Bertz CT molecular complexity index is 640. The summed E-state index contributed by atoms with van der Waals surface area (Å²) in [6.45, 7) is 3.26. The van der Waals surface area contributed by atoms with Crippen LogP contribution in [-0.4, -0.2) is 18.4 Å². The lowest BCUT2D eigenvalue weighted by Gasteiger charge is -2.16. The predicted octanol–water partition coefficient (Wildman–Crippen LogP) is 3.30. The van der Waals surface area contributed by atoms with Crippen LogP contribution in [0.4, 0.5) is 5.88 Å². The number of nitrogen functional groups attached to an aromatic ring is 1. The van der Waals surface area contributed by atoms with Gasteiger partial charge in [-0.3, -0.25) is 0 Å². The van der Waals surface area contributed by atoms with Crippen LogP contribution in [0, 0.1) is 0 Å². The first kappa shape index (κ1) is 13.1. The molecular formula is C14H15ClN2O3. The van der Waals surface area contributed by atoms with Crippen LogP contribution >= 0.6 is 11.6 Å². The fraction of sp³-hybridized carbons (Fsp3) is 0.357. The third-order valence-electron chi connectivity index (χ3n) is 3.23. The lowest BCUT2D eigenvalue weighted by atomic mass is 10.0. The van der Waals surface area contributed by atoms with Gasteiger partial charge in [-0.1, -0.05) is 23.7 Å². The van der Waals surface area contributed by atoms with E-state index in [9.17, 15) is 0 Å². The Labute approximate surface area is 121 Å². The number of ether oxygens (including phenoxy) is 2. The van der Waals surface area contributed by atoms with E-state index in [4.69, 9.17) is 31.3 Å². The Morgan fingerprint density at radius 3 is 2.65 bits per heavy atom. The molecule has 0 bridgehead atoms. The summed E-state index contributed by atoms with van der Waals surface area (Å²) in [5, 5.41) is 4.46. The first-order valence-corrected chi connectivity index (χ1v) is 6.92. The van der Waals surface area contributed by atoms with Crippen molar-refractivity contribution in [3.63, 3.8) is 0 Å². The smallest absolute Gasteiger partial charge is 0.222 e. The highest BCUT2D eigenvalue weighted by atomic mass is 35.5. The van der Waals surface area contributed by atoms with Gasteiger partial charge in [0.2, 0.25) is 5.88 Å². The van der Waals surface area contributed by atoms with Crippen molar-refractivity contribution in [2.75, 3.05) is 18.9 Å². The summed E-state index contributed by atoms with van der Waals surface area (Å²) in [5.74, 6) is 1.58. The third-order valence-corrected chi connectivity index (χ3v) is 3.51. The van der Waals surface area contributed by atoms with E-state index in [2.05, 4.69) is 5.16 Å². The Morgan fingerprint density at radius 1 is 1.25 bits per heavy atom. The second-order valence-electron chi connectivity index (χ2n) is 4.56. The number of hydrogen-bond donors (Lipinski definition) is 1. The van der Waals surface area contributed by atoms with E-state index >= 15 is 0 Å². The molecule has 0 aliphatic carbocycles. The molecule has 0 amide bonds. The lowest BCUT2D eigenvalue weighted by Crippen LogP contribution is -2.00. The van der Waals surface area contributed by atoms with Gasteiger partial charge in [0.05, 0.1) is 18.2 Å². The number of fused-ring (bicyclic) bond motifs is 1. The minimum Gasteiger partial charge on any atom is -0.489 e. The minimum atomic E-state index is 0.269. The molecule has 20 heavy (non-hydrogen) atoms. The summed E-state index contributed by atoms with van der Waals surface area (Å²) in [7, 11) is 0. The van der Waals surface area contributed by atoms with E-state index in [0.29, 0.717) is 35.4 Å². The molecule has 3 rings (SSSR count). The number of hydrogen-bond acceptors (Lipinski definition) is 5. The summed E-state index contributed by atoms with van der Waals surface area (Å²) < 4.78 is 16.5. The van der Waals surface area contributed by atoms with Gasteiger partial charge in [0.25, 0.3) is 0 Å². The standard InChI is InChI=1S/C14H15ClN2O3/c1-2-8-9(11-7-12(16)20-17-11)6-10(15)14-13(8)18-4-3-5-19-14/h6-7H,2-5,16H2,1H3. The van der Waals surface area contributed by atoms with Gasteiger partial charge in [-0.15, -0.1) is 0 Å². The van der Waals surface area contributed by atoms with Crippen molar-refractivity contribution in [1.82, 2.24) is 5.16 Å². The summed E-state index contributed by atoms with van der Waals surface area (Å²) in [6, 6.07) is 3.50. The summed E-state index contributed by atoms with van der Waals surface area (Å²) in [5.41, 5.74) is 8.10. The summed E-state index contributed by atoms with van der Waals surface area (Å²) >= 11 is 6.31. The molecule has 2 N–H and O–H groups in total. The first-order valence-electron chi connectivity index (χ1n) is 6.54. The van der Waals surface area contributed by atoms with Gasteiger partial charge >= 0.3 is 0 Å². The van der Waals surface area contributed by atoms with Crippen LogP contribution in [0.3, 0.4) is 0 Å². The Morgan fingerprint density at radius 2 is 2.00 bits per heavy atom. The maximum Gasteiger partial charge on any atom is 0.222 e. The highest BCUT2D eigenvalue weighted by Crippen LogP contribution is 2.45. The van der Waals surface area contributed by atoms with Gasteiger partial charge in [-0.05, 0) is 12.5 Å². The van der Waals surface area contributed by atoms with Gasteiger partial charge in [0.15, 0.2) is 11.5 Å². The van der Waals surface area contributed by atoms with Crippen LogP contribution in [0.25, 0.3) is 11.3 Å². The molecule has 1 aliphatic heterocycles. The van der Waals surface area contributed by atoms with Gasteiger partial charge in [0, 0.05) is 23.6 Å². The van der Waals surface area contributed by atoms with Crippen molar-refractivity contribution in [1.29, 1.82) is 0 Å². The molecule has 0 spiro atoms. The van der Waals surface area contributed by atoms with Crippen molar-refractivity contribution < 1.29 is 14.0 Å². The minimum absolute atomic E-state index is 0.269. The third kappa shape index (κ3) is 2.18. The number of benzene rings is 1. The molecule has 2 aromatic rings. The number of nitrogens with two attached hydrogens (primary N) is 1. The summed E-state index contributed by atoms with van der Waals surface area (Å²) in [4.78, 5) is 0. The first-order chi connectivity index (χ1) is 9.70. The SMILES string of the molecule is CCc1c(-c2cc(N)on2)cc(Cl)c2c1OCCCO2. The normalized spacial score (nSPS) is 14.1. The summed E-state index contributed by atoms with van der Waals surface area (Å²) in [6.07, 6.45) is 1.60. The maximum absolute atomic E-state index is 6.31. The Kier molecular flexibility index (Phi) is 3.44. The highest BCUT2D eigenvalue weighted by molar-refractivity contribution is 6.32. The van der Waals surface area contributed by atoms with E-state index in [1.807, 2.05) is 13.0 Å². The number of nitrogens with zero attached hydrogens (tertiary/aromatic N) is 1. The number of anilines is 1. The molecule has 2 heterocycles. The van der Waals surface area contributed by atoms with Gasteiger partial charge in [0.1, 0.15) is 5.69 Å². The van der Waals surface area contributed by atoms with E-state index < -0.39 is 0 Å². The topological polar surface area (TPSA) is 70.5 Å². The predicted molar refractivity (Wildman–Crippen MR) is 76.3 cm³/mol. The number of halogens is 1. The molecule has 0 unspecified atom stereocenters. The molecule has 0 saturated heterocycles. The zero-order valence-electron chi connectivity index (χ0n) is 11.1. The fourth-order valence-electron chi connectivity index (χ4n) is 2.34. The largest absolute Gasteiger partial charge is 0.489 e. The van der Waals surface area contributed by atoms with Crippen LogP contribution in [0.15, 0.2) is 16.7 Å². The zero-order valence-corrected chi connectivity index (χ0v) is 11.9. The van der Waals surface area contributed by atoms with Crippen LogP contribution in [-0.2, 0) is 6.42 Å². The molecule has 0 fully saturated rings. The van der Waals surface area contributed by atoms with E-state index in [-0.39, 0.29) is 5.88 Å². The molecule has 1 aliphatic rings. The molecule has 0 radical (unpaired) electrons. The van der Waals surface area contributed by atoms with Crippen molar-refractivity contribution in [2.45, 2.75) is 19.8 Å². The fourth-order valence-corrected chi connectivity index (χ4v) is 2.59. The van der Waals surface area contributed by atoms with Gasteiger partial charge < -0.3 is 19.7 Å². The van der Waals surface area contributed by atoms with Crippen LogP contribution in [0.2, 0.25) is 5.02 Å².